The minimum atomic E-state index is -0.668. The summed E-state index contributed by atoms with van der Waals surface area (Å²) >= 11 is 0. The molecule has 234 valence electrons. The van der Waals surface area contributed by atoms with Crippen molar-refractivity contribution in [3.8, 4) is 0 Å². The zero-order valence-corrected chi connectivity index (χ0v) is 24.5. The van der Waals surface area contributed by atoms with Crippen molar-refractivity contribution in [2.45, 2.75) is 50.1 Å². The molecule has 0 aromatic carbocycles. The molecule has 0 aliphatic rings. The predicted octanol–water partition coefficient (Wildman–Crippen LogP) is 1.40. The van der Waals surface area contributed by atoms with E-state index in [0.29, 0.717) is 52.6 Å². The Kier molecular flexibility index (Phi) is 26.7. The van der Waals surface area contributed by atoms with Gasteiger partial charge in [0.2, 0.25) is 0 Å². The summed E-state index contributed by atoms with van der Waals surface area (Å²) in [6.45, 7) is 19.8. The fraction of sp³-hybridized carbons (Fsp3) is 0.733. The topological polar surface area (TPSA) is 124 Å². The number of rotatable bonds is 31. The van der Waals surface area contributed by atoms with Gasteiger partial charge in [0.15, 0.2) is 0 Å². The van der Waals surface area contributed by atoms with E-state index < -0.39 is 24.4 Å². The second-order valence-electron chi connectivity index (χ2n) is 9.85. The molecule has 0 rings (SSSR count). The maximum Gasteiger partial charge on any atom is 0.0900 e. The van der Waals surface area contributed by atoms with E-state index in [9.17, 15) is 20.4 Å². The fourth-order valence-electron chi connectivity index (χ4n) is 4.09. The first-order valence-electron chi connectivity index (χ1n) is 14.3. The van der Waals surface area contributed by atoms with Crippen molar-refractivity contribution < 1.29 is 39.4 Å². The van der Waals surface area contributed by atoms with Crippen LogP contribution in [0.5, 0.6) is 0 Å². The van der Waals surface area contributed by atoms with Gasteiger partial charge in [-0.25, -0.2) is 0 Å². The zero-order valence-electron chi connectivity index (χ0n) is 24.5. The van der Waals surface area contributed by atoms with E-state index in [0.717, 1.165) is 38.8 Å². The van der Waals surface area contributed by atoms with Crippen molar-refractivity contribution in [1.82, 2.24) is 9.80 Å². The lowest BCUT2D eigenvalue weighted by Gasteiger charge is -2.28. The van der Waals surface area contributed by atoms with E-state index >= 15 is 0 Å². The van der Waals surface area contributed by atoms with Crippen molar-refractivity contribution in [2.24, 2.45) is 0 Å². The molecule has 40 heavy (non-hydrogen) atoms. The molecule has 0 aromatic heterocycles. The number of aliphatic hydroxyl groups excluding tert-OH is 4. The van der Waals surface area contributed by atoms with Gasteiger partial charge in [-0.1, -0.05) is 37.1 Å². The summed E-state index contributed by atoms with van der Waals surface area (Å²) < 4.78 is 21.4. The Morgan fingerprint density at radius 2 is 0.700 bits per heavy atom. The molecule has 4 atom stereocenters. The molecule has 0 radical (unpaired) electrons. The molecule has 0 fully saturated rings. The van der Waals surface area contributed by atoms with Gasteiger partial charge >= 0.3 is 0 Å². The summed E-state index contributed by atoms with van der Waals surface area (Å²) in [5.74, 6) is 0. The maximum atomic E-state index is 10.4. The van der Waals surface area contributed by atoms with Gasteiger partial charge in [-0.3, -0.25) is 9.80 Å². The molecule has 0 spiro atoms. The molecule has 4 unspecified atom stereocenters. The third-order valence-electron chi connectivity index (χ3n) is 5.76. The van der Waals surface area contributed by atoms with Gasteiger partial charge in [0, 0.05) is 26.2 Å². The number of ether oxygens (including phenoxy) is 4. The van der Waals surface area contributed by atoms with Crippen molar-refractivity contribution in [3.63, 3.8) is 0 Å². The molecule has 0 amide bonds. The highest BCUT2D eigenvalue weighted by Gasteiger charge is 2.18. The first-order valence-corrected chi connectivity index (χ1v) is 14.3. The van der Waals surface area contributed by atoms with Crippen LogP contribution in [0.3, 0.4) is 0 Å². The van der Waals surface area contributed by atoms with Gasteiger partial charge < -0.3 is 39.4 Å². The first-order chi connectivity index (χ1) is 19.4. The predicted molar refractivity (Wildman–Crippen MR) is 159 cm³/mol. The summed E-state index contributed by atoms with van der Waals surface area (Å²) in [5, 5.41) is 41.4. The second-order valence-corrected chi connectivity index (χ2v) is 9.85. The van der Waals surface area contributed by atoms with E-state index in [1.54, 1.807) is 24.3 Å². The standard InChI is InChI=1S/C30H56N2O8/c1-5-15-37-23-27(33)19-31(20-28(34)24-38-16-6-2)13-11-9-10-12-14-32(21-29(35)25-39-17-7-3)22-30(36)26-40-18-8-4/h5-8,27-30,33-36H,1-4,9-26H2. The van der Waals surface area contributed by atoms with E-state index in [2.05, 4.69) is 26.3 Å². The molecule has 0 aromatic rings. The molecule has 0 aliphatic heterocycles. The number of hydrogen-bond donors (Lipinski definition) is 4. The number of nitrogens with zero attached hydrogens (tertiary/aromatic N) is 2. The Labute approximate surface area is 242 Å². The quantitative estimate of drug-likeness (QED) is 0.0716. The van der Waals surface area contributed by atoms with Crippen LogP contribution in [0.1, 0.15) is 25.7 Å². The molecule has 10 heteroatoms. The summed E-state index contributed by atoms with van der Waals surface area (Å²) in [6, 6.07) is 0. The van der Waals surface area contributed by atoms with Crippen molar-refractivity contribution in [2.75, 3.05) is 92.1 Å². The Morgan fingerprint density at radius 1 is 0.450 bits per heavy atom. The third-order valence-corrected chi connectivity index (χ3v) is 5.76. The normalized spacial score (nSPS) is 14.7. The van der Waals surface area contributed by atoms with Gasteiger partial charge in [0.25, 0.3) is 0 Å². The highest BCUT2D eigenvalue weighted by atomic mass is 16.5. The van der Waals surface area contributed by atoms with Crippen molar-refractivity contribution in [3.05, 3.63) is 50.6 Å². The second kappa shape index (κ2) is 27.7. The van der Waals surface area contributed by atoms with Crippen LogP contribution >= 0.6 is 0 Å². The van der Waals surface area contributed by atoms with Crippen molar-refractivity contribution in [1.29, 1.82) is 0 Å². The Morgan fingerprint density at radius 3 is 0.925 bits per heavy atom. The van der Waals surface area contributed by atoms with Crippen LogP contribution in [0.4, 0.5) is 0 Å². The van der Waals surface area contributed by atoms with Crippen LogP contribution in [-0.4, -0.2) is 147 Å². The molecule has 10 nitrogen and oxygen atoms in total. The van der Waals surface area contributed by atoms with Crippen LogP contribution in [0.25, 0.3) is 0 Å². The van der Waals surface area contributed by atoms with Gasteiger partial charge in [0.05, 0.1) is 77.3 Å². The lowest BCUT2D eigenvalue weighted by atomic mass is 10.1. The molecule has 0 saturated carbocycles. The molecule has 0 heterocycles. The zero-order chi connectivity index (χ0) is 29.8. The van der Waals surface area contributed by atoms with Crippen LogP contribution in [-0.2, 0) is 18.9 Å². The fourth-order valence-corrected chi connectivity index (χ4v) is 4.09. The van der Waals surface area contributed by atoms with Gasteiger partial charge in [-0.05, 0) is 25.9 Å². The van der Waals surface area contributed by atoms with Gasteiger partial charge in [-0.2, -0.15) is 0 Å². The molecule has 0 aliphatic carbocycles. The number of hydrogen-bond acceptors (Lipinski definition) is 10. The maximum absolute atomic E-state index is 10.4. The van der Waals surface area contributed by atoms with Crippen LogP contribution in [0, 0.1) is 0 Å². The molecular formula is C30H56N2O8. The summed E-state index contributed by atoms with van der Waals surface area (Å²) in [5.41, 5.74) is 0. The van der Waals surface area contributed by atoms with Gasteiger partial charge in [0.1, 0.15) is 0 Å². The van der Waals surface area contributed by atoms with Crippen LogP contribution in [0.15, 0.2) is 50.6 Å². The molecular weight excluding hydrogens is 516 g/mol. The lowest BCUT2D eigenvalue weighted by Crippen LogP contribution is -2.41. The highest BCUT2D eigenvalue weighted by Crippen LogP contribution is 2.08. The molecule has 4 N–H and O–H groups in total. The third kappa shape index (κ3) is 24.4. The highest BCUT2D eigenvalue weighted by molar-refractivity contribution is 4.73. The first kappa shape index (κ1) is 38.6. The summed E-state index contributed by atoms with van der Waals surface area (Å²) in [6.07, 6.45) is 7.62. The summed E-state index contributed by atoms with van der Waals surface area (Å²) in [7, 11) is 0. The summed E-state index contributed by atoms with van der Waals surface area (Å²) in [4.78, 5) is 4.07. The number of aliphatic hydroxyl groups is 4. The minimum Gasteiger partial charge on any atom is -0.389 e. The van der Waals surface area contributed by atoms with E-state index in [4.69, 9.17) is 18.9 Å². The average Bonchev–Trinajstić information content (AvgIpc) is 2.91. The van der Waals surface area contributed by atoms with Crippen LogP contribution in [0.2, 0.25) is 0 Å². The van der Waals surface area contributed by atoms with Crippen LogP contribution < -0.4 is 0 Å². The molecule has 0 saturated heterocycles. The Balaban J connectivity index is 4.66. The van der Waals surface area contributed by atoms with Crippen molar-refractivity contribution >= 4 is 0 Å². The van der Waals surface area contributed by atoms with E-state index in [1.165, 1.54) is 0 Å². The smallest absolute Gasteiger partial charge is 0.0900 e. The number of unbranched alkanes of at least 4 members (excludes halogenated alkanes) is 3. The SMILES string of the molecule is C=CCOCC(O)CN(CCCCCCN(CC(O)COCC=C)CC(O)COCC=C)CC(O)COCC=C. The molecule has 0 bridgehead atoms. The monoisotopic (exact) mass is 572 g/mol. The Bertz CT molecular complexity index is 529. The van der Waals surface area contributed by atoms with E-state index in [-0.39, 0.29) is 26.4 Å². The van der Waals surface area contributed by atoms with Gasteiger partial charge in [-0.15, -0.1) is 26.3 Å². The lowest BCUT2D eigenvalue weighted by molar-refractivity contribution is -0.00398. The average molecular weight is 573 g/mol. The minimum absolute atomic E-state index is 0.205. The Hall–Kier alpha value is -1.44. The van der Waals surface area contributed by atoms with E-state index in [1.807, 2.05) is 9.80 Å². The largest absolute Gasteiger partial charge is 0.389 e.